The minimum absolute atomic E-state index is 0.139. The van der Waals surface area contributed by atoms with Crippen molar-refractivity contribution in [2.75, 3.05) is 47.1 Å². The van der Waals surface area contributed by atoms with Crippen molar-refractivity contribution in [1.29, 1.82) is 0 Å². The van der Waals surface area contributed by atoms with E-state index in [0.717, 1.165) is 24.3 Å². The average Bonchev–Trinajstić information content (AvgIpc) is 2.79. The van der Waals surface area contributed by atoms with Crippen molar-refractivity contribution in [2.45, 2.75) is 11.8 Å². The molecule has 0 bridgehead atoms. The number of hydrazine groups is 1. The van der Waals surface area contributed by atoms with E-state index in [1.54, 1.807) is 12.1 Å². The molecule has 0 radical (unpaired) electrons. The first-order valence-corrected chi connectivity index (χ1v) is 11.9. The van der Waals surface area contributed by atoms with E-state index in [-0.39, 0.29) is 16.4 Å². The number of nitrogen functional groups attached to an aromatic ring is 1. The monoisotopic (exact) mass is 473 g/mol. The van der Waals surface area contributed by atoms with Crippen LogP contribution in [0.4, 0.5) is 23.0 Å². The predicted molar refractivity (Wildman–Crippen MR) is 127 cm³/mol. The van der Waals surface area contributed by atoms with Gasteiger partial charge in [-0.1, -0.05) is 35.4 Å². The van der Waals surface area contributed by atoms with Gasteiger partial charge in [-0.2, -0.15) is 0 Å². The third-order valence-electron chi connectivity index (χ3n) is 5.25. The Bertz CT molecular complexity index is 1200. The van der Waals surface area contributed by atoms with Crippen molar-refractivity contribution in [3.05, 3.63) is 65.4 Å². The summed E-state index contributed by atoms with van der Waals surface area (Å²) in [5, 5.41) is 0.703. The Morgan fingerprint density at radius 2 is 1.69 bits per heavy atom. The summed E-state index contributed by atoms with van der Waals surface area (Å²) in [5.74, 6) is 0.755. The highest BCUT2D eigenvalue weighted by Gasteiger charge is 2.22. The van der Waals surface area contributed by atoms with Gasteiger partial charge in [-0.05, 0) is 37.3 Å². The lowest BCUT2D eigenvalue weighted by Gasteiger charge is -2.37. The number of halogens is 1. The van der Waals surface area contributed by atoms with Crippen molar-refractivity contribution in [3.63, 3.8) is 0 Å². The first-order chi connectivity index (χ1) is 15.3. The Labute approximate surface area is 192 Å². The number of nitrogens with two attached hydrogens (primary N) is 1. The summed E-state index contributed by atoms with van der Waals surface area (Å²) >= 11 is 6.11. The molecule has 1 aromatic heterocycles. The van der Waals surface area contributed by atoms with Crippen molar-refractivity contribution >= 4 is 44.6 Å². The lowest BCUT2D eigenvalue weighted by Crippen LogP contribution is -2.47. The number of nitrogens with one attached hydrogen (secondary N) is 2. The van der Waals surface area contributed by atoms with Crippen molar-refractivity contribution in [1.82, 2.24) is 14.8 Å². The number of aromatic nitrogens is 2. The van der Waals surface area contributed by atoms with E-state index in [1.165, 1.54) is 18.5 Å². The van der Waals surface area contributed by atoms with E-state index in [2.05, 4.69) is 30.0 Å². The molecule has 1 aliphatic heterocycles. The lowest BCUT2D eigenvalue weighted by atomic mass is 10.2. The highest BCUT2D eigenvalue weighted by Crippen LogP contribution is 2.28. The van der Waals surface area contributed by atoms with Crippen LogP contribution in [0.1, 0.15) is 5.56 Å². The number of anilines is 4. The standard InChI is InChI=1S/C21H24ClN7O2S/c1-15-5-7-18(8-6-15)32(30,31)27-26-20-19(23)21(25-14-24-20)29-11-9-28(10-12-29)17-4-2-3-16(22)13-17/h2-8,13-14,27H,9-12,23H2,1H3,(H,24,25,26). The first kappa shape index (κ1) is 22.1. The van der Waals surface area contributed by atoms with Crippen LogP contribution in [-0.4, -0.2) is 44.6 Å². The summed E-state index contributed by atoms with van der Waals surface area (Å²) in [6.07, 6.45) is 1.36. The molecule has 2 aromatic carbocycles. The number of piperazine rings is 1. The Balaban J connectivity index is 1.43. The summed E-state index contributed by atoms with van der Waals surface area (Å²) < 4.78 is 25.1. The smallest absolute Gasteiger partial charge is 0.257 e. The molecular formula is C21H24ClN7O2S. The zero-order valence-electron chi connectivity index (χ0n) is 17.5. The molecule has 0 saturated carbocycles. The molecule has 0 spiro atoms. The third-order valence-corrected chi connectivity index (χ3v) is 6.75. The number of nitrogens with zero attached hydrogens (tertiary/aromatic N) is 4. The molecule has 4 N–H and O–H groups in total. The summed E-state index contributed by atoms with van der Waals surface area (Å²) in [5.41, 5.74) is 11.2. The van der Waals surface area contributed by atoms with Gasteiger partial charge in [0.15, 0.2) is 11.6 Å². The largest absolute Gasteiger partial charge is 0.393 e. The molecule has 0 unspecified atom stereocenters. The number of rotatable bonds is 6. The molecule has 4 rings (SSSR count). The van der Waals surface area contributed by atoms with Crippen LogP contribution >= 0.6 is 11.6 Å². The van der Waals surface area contributed by atoms with Crippen LogP contribution in [0.3, 0.4) is 0 Å². The molecule has 1 saturated heterocycles. The fraction of sp³-hybridized carbons (Fsp3) is 0.238. The molecule has 2 heterocycles. The average molecular weight is 474 g/mol. The van der Waals surface area contributed by atoms with Crippen LogP contribution < -0.4 is 25.8 Å². The first-order valence-electron chi connectivity index (χ1n) is 10.0. The van der Waals surface area contributed by atoms with Crippen LogP contribution in [0.5, 0.6) is 0 Å². The zero-order chi connectivity index (χ0) is 22.7. The van der Waals surface area contributed by atoms with Gasteiger partial charge in [0.05, 0.1) is 4.90 Å². The van der Waals surface area contributed by atoms with Gasteiger partial charge >= 0.3 is 0 Å². The maximum atomic E-state index is 12.5. The molecule has 1 aliphatic rings. The second-order valence-electron chi connectivity index (χ2n) is 7.46. The van der Waals surface area contributed by atoms with Gasteiger partial charge < -0.3 is 15.5 Å². The van der Waals surface area contributed by atoms with Gasteiger partial charge in [0.2, 0.25) is 0 Å². The minimum atomic E-state index is -3.78. The number of aryl methyl sites for hydroxylation is 1. The maximum Gasteiger partial charge on any atom is 0.257 e. The molecule has 32 heavy (non-hydrogen) atoms. The maximum absolute atomic E-state index is 12.5. The van der Waals surface area contributed by atoms with Crippen molar-refractivity contribution in [2.24, 2.45) is 0 Å². The van der Waals surface area contributed by atoms with Crippen LogP contribution in [0.2, 0.25) is 5.02 Å². The Morgan fingerprint density at radius 3 is 2.38 bits per heavy atom. The molecule has 9 nitrogen and oxygen atoms in total. The second-order valence-corrected chi connectivity index (χ2v) is 9.58. The van der Waals surface area contributed by atoms with E-state index in [9.17, 15) is 8.42 Å². The second kappa shape index (κ2) is 9.19. The molecule has 1 fully saturated rings. The summed E-state index contributed by atoms with van der Waals surface area (Å²) in [4.78, 5) is 15.2. The Morgan fingerprint density at radius 1 is 1.00 bits per heavy atom. The van der Waals surface area contributed by atoms with Crippen LogP contribution in [-0.2, 0) is 10.0 Å². The SMILES string of the molecule is Cc1ccc(S(=O)(=O)NNc2ncnc(N3CCN(c4cccc(Cl)c4)CC3)c2N)cc1. The third kappa shape index (κ3) is 4.87. The number of benzene rings is 2. The fourth-order valence-electron chi connectivity index (χ4n) is 3.48. The van der Waals surface area contributed by atoms with Gasteiger partial charge in [-0.15, -0.1) is 4.83 Å². The lowest BCUT2D eigenvalue weighted by molar-refractivity contribution is 0.587. The molecule has 0 aliphatic carbocycles. The van der Waals surface area contributed by atoms with E-state index in [1.807, 2.05) is 31.2 Å². The minimum Gasteiger partial charge on any atom is -0.393 e. The molecule has 0 atom stereocenters. The van der Waals surface area contributed by atoms with Crippen molar-refractivity contribution in [3.8, 4) is 0 Å². The van der Waals surface area contributed by atoms with Crippen LogP contribution in [0.25, 0.3) is 0 Å². The molecular weight excluding hydrogens is 450 g/mol. The van der Waals surface area contributed by atoms with Gasteiger partial charge in [0.1, 0.15) is 12.0 Å². The van der Waals surface area contributed by atoms with Gasteiger partial charge in [-0.25, -0.2) is 18.4 Å². The van der Waals surface area contributed by atoms with Gasteiger partial charge in [0.25, 0.3) is 10.0 Å². The molecule has 0 amide bonds. The Kier molecular flexibility index (Phi) is 6.35. The fourth-order valence-corrected chi connectivity index (χ4v) is 4.51. The number of sulfonamides is 1. The van der Waals surface area contributed by atoms with E-state index in [4.69, 9.17) is 17.3 Å². The quantitative estimate of drug-likeness (QED) is 0.468. The van der Waals surface area contributed by atoms with Gasteiger partial charge in [0, 0.05) is 36.9 Å². The number of hydrogen-bond donors (Lipinski definition) is 3. The van der Waals surface area contributed by atoms with E-state index >= 15 is 0 Å². The van der Waals surface area contributed by atoms with E-state index in [0.29, 0.717) is 23.9 Å². The van der Waals surface area contributed by atoms with Crippen LogP contribution in [0.15, 0.2) is 59.8 Å². The Hall–Kier alpha value is -3.08. The zero-order valence-corrected chi connectivity index (χ0v) is 19.1. The van der Waals surface area contributed by atoms with E-state index < -0.39 is 10.0 Å². The summed E-state index contributed by atoms with van der Waals surface area (Å²) in [7, 11) is -3.78. The summed E-state index contributed by atoms with van der Waals surface area (Å²) in [6.45, 7) is 4.82. The highest BCUT2D eigenvalue weighted by atomic mass is 35.5. The highest BCUT2D eigenvalue weighted by molar-refractivity contribution is 7.89. The molecule has 11 heteroatoms. The van der Waals surface area contributed by atoms with Crippen molar-refractivity contribution < 1.29 is 8.42 Å². The molecule has 3 aromatic rings. The normalized spacial score (nSPS) is 14.4. The van der Waals surface area contributed by atoms with Crippen LogP contribution in [0, 0.1) is 6.92 Å². The predicted octanol–water partition coefficient (Wildman–Crippen LogP) is 2.65. The summed E-state index contributed by atoms with van der Waals surface area (Å²) in [6, 6.07) is 14.3. The topological polar surface area (TPSA) is 116 Å². The molecule has 168 valence electrons. The number of hydrogen-bond acceptors (Lipinski definition) is 8. The van der Waals surface area contributed by atoms with Gasteiger partial charge in [-0.3, -0.25) is 5.43 Å².